The molecule has 0 unspecified atom stereocenters. The molecule has 2 rings (SSSR count). The molecule has 0 atom stereocenters. The lowest BCUT2D eigenvalue weighted by Crippen LogP contribution is -2.45. The lowest BCUT2D eigenvalue weighted by atomic mass is 9.91. The van der Waals surface area contributed by atoms with Gasteiger partial charge in [-0.1, -0.05) is 12.1 Å². The van der Waals surface area contributed by atoms with Crippen LogP contribution in [-0.2, 0) is 4.79 Å². The lowest BCUT2D eigenvalue weighted by Gasteiger charge is -2.31. The van der Waals surface area contributed by atoms with Crippen LogP contribution in [0.2, 0.25) is 0 Å². The average molecular weight is 232 g/mol. The molecular formula is C14H20N2O. The fraction of sp³-hybridized carbons (Fsp3) is 0.500. The molecule has 0 fully saturated rings. The molecule has 92 valence electrons. The summed E-state index contributed by atoms with van der Waals surface area (Å²) in [5, 5.41) is 3.37. The van der Waals surface area contributed by atoms with Crippen LogP contribution in [0, 0.1) is 5.41 Å². The standard InChI is InChI=1S/C14H20N2O/c1-10(2)16-12-8-6-5-7-11(12)15-9-14(3,4)13(16)17/h5-8,10,15H,9H2,1-4H3. The summed E-state index contributed by atoms with van der Waals surface area (Å²) in [6.07, 6.45) is 0. The van der Waals surface area contributed by atoms with Crippen molar-refractivity contribution in [2.45, 2.75) is 33.7 Å². The van der Waals surface area contributed by atoms with E-state index in [1.807, 2.05) is 43.0 Å². The Morgan fingerprint density at radius 3 is 2.59 bits per heavy atom. The minimum absolute atomic E-state index is 0.169. The largest absolute Gasteiger partial charge is 0.382 e. The van der Waals surface area contributed by atoms with Crippen LogP contribution in [0.25, 0.3) is 0 Å². The van der Waals surface area contributed by atoms with Crippen molar-refractivity contribution in [2.75, 3.05) is 16.8 Å². The fourth-order valence-electron chi connectivity index (χ4n) is 2.17. The van der Waals surface area contributed by atoms with Gasteiger partial charge in [0.15, 0.2) is 0 Å². The van der Waals surface area contributed by atoms with E-state index in [0.29, 0.717) is 6.54 Å². The second-order valence-corrected chi connectivity index (χ2v) is 5.52. The Morgan fingerprint density at radius 1 is 1.29 bits per heavy atom. The SMILES string of the molecule is CC(C)N1C(=O)C(C)(C)CNc2ccccc21. The van der Waals surface area contributed by atoms with Gasteiger partial charge in [-0.2, -0.15) is 0 Å². The molecule has 3 heteroatoms. The van der Waals surface area contributed by atoms with Gasteiger partial charge in [-0.25, -0.2) is 0 Å². The van der Waals surface area contributed by atoms with E-state index in [4.69, 9.17) is 0 Å². The van der Waals surface area contributed by atoms with Crippen molar-refractivity contribution in [1.82, 2.24) is 0 Å². The summed E-state index contributed by atoms with van der Waals surface area (Å²) in [5.74, 6) is 0.185. The highest BCUT2D eigenvalue weighted by molar-refractivity contribution is 6.02. The predicted octanol–water partition coefficient (Wildman–Crippen LogP) is 2.88. The van der Waals surface area contributed by atoms with Crippen LogP contribution in [0.3, 0.4) is 0 Å². The molecule has 0 aromatic heterocycles. The Balaban J connectivity index is 2.54. The number of carbonyl (C=O) groups is 1. The van der Waals surface area contributed by atoms with Gasteiger partial charge in [0.05, 0.1) is 16.8 Å². The molecule has 1 aromatic carbocycles. The van der Waals surface area contributed by atoms with Crippen molar-refractivity contribution < 1.29 is 4.79 Å². The van der Waals surface area contributed by atoms with E-state index in [2.05, 4.69) is 19.2 Å². The second kappa shape index (κ2) is 4.06. The fourth-order valence-corrected chi connectivity index (χ4v) is 2.17. The van der Waals surface area contributed by atoms with Gasteiger partial charge >= 0.3 is 0 Å². The summed E-state index contributed by atoms with van der Waals surface area (Å²) >= 11 is 0. The topological polar surface area (TPSA) is 32.3 Å². The minimum Gasteiger partial charge on any atom is -0.382 e. The molecule has 0 radical (unpaired) electrons. The first kappa shape index (κ1) is 12.0. The molecule has 0 aliphatic carbocycles. The molecule has 1 amide bonds. The normalized spacial score (nSPS) is 18.6. The first-order chi connectivity index (χ1) is 7.93. The van der Waals surface area contributed by atoms with Crippen LogP contribution in [0.5, 0.6) is 0 Å². The molecule has 1 N–H and O–H groups in total. The summed E-state index contributed by atoms with van der Waals surface area (Å²) in [6.45, 7) is 8.76. The highest BCUT2D eigenvalue weighted by atomic mass is 16.2. The number of hydrogen-bond acceptors (Lipinski definition) is 2. The predicted molar refractivity (Wildman–Crippen MR) is 71.3 cm³/mol. The first-order valence-electron chi connectivity index (χ1n) is 6.10. The van der Waals surface area contributed by atoms with Crippen LogP contribution in [0.15, 0.2) is 24.3 Å². The number of fused-ring (bicyclic) bond motifs is 1. The molecule has 1 aliphatic heterocycles. The molecule has 0 bridgehead atoms. The molecule has 3 nitrogen and oxygen atoms in total. The highest BCUT2D eigenvalue weighted by Crippen LogP contribution is 2.35. The number of hydrogen-bond donors (Lipinski definition) is 1. The maximum absolute atomic E-state index is 12.6. The van der Waals surface area contributed by atoms with E-state index in [9.17, 15) is 4.79 Å². The summed E-state index contributed by atoms with van der Waals surface area (Å²) in [5.41, 5.74) is 1.65. The molecule has 1 aromatic rings. The monoisotopic (exact) mass is 232 g/mol. The molecule has 1 heterocycles. The summed E-state index contributed by atoms with van der Waals surface area (Å²) in [4.78, 5) is 14.5. The smallest absolute Gasteiger partial charge is 0.234 e. The number of anilines is 2. The van der Waals surface area contributed by atoms with Crippen molar-refractivity contribution in [3.8, 4) is 0 Å². The van der Waals surface area contributed by atoms with E-state index in [-0.39, 0.29) is 17.4 Å². The lowest BCUT2D eigenvalue weighted by molar-refractivity contribution is -0.126. The number of amides is 1. The van der Waals surface area contributed by atoms with E-state index >= 15 is 0 Å². The van der Waals surface area contributed by atoms with Gasteiger partial charge < -0.3 is 10.2 Å². The van der Waals surface area contributed by atoms with Crippen LogP contribution in [0.4, 0.5) is 11.4 Å². The van der Waals surface area contributed by atoms with Crippen molar-refractivity contribution >= 4 is 17.3 Å². The van der Waals surface area contributed by atoms with Crippen molar-refractivity contribution in [3.63, 3.8) is 0 Å². The van der Waals surface area contributed by atoms with Crippen molar-refractivity contribution in [1.29, 1.82) is 0 Å². The molecule has 1 aliphatic rings. The van der Waals surface area contributed by atoms with Gasteiger partial charge in [0, 0.05) is 12.6 Å². The van der Waals surface area contributed by atoms with Gasteiger partial charge in [0.2, 0.25) is 5.91 Å². The Hall–Kier alpha value is -1.51. The second-order valence-electron chi connectivity index (χ2n) is 5.52. The number of carbonyl (C=O) groups excluding carboxylic acids is 1. The molecular weight excluding hydrogens is 212 g/mol. The number of benzene rings is 1. The molecule has 17 heavy (non-hydrogen) atoms. The van der Waals surface area contributed by atoms with E-state index in [1.54, 1.807) is 0 Å². The van der Waals surface area contributed by atoms with Crippen LogP contribution >= 0.6 is 0 Å². The van der Waals surface area contributed by atoms with E-state index in [1.165, 1.54) is 0 Å². The van der Waals surface area contributed by atoms with Gasteiger partial charge in [-0.15, -0.1) is 0 Å². The summed E-state index contributed by atoms with van der Waals surface area (Å²) in [6, 6.07) is 8.16. The third-order valence-corrected chi connectivity index (χ3v) is 3.20. The van der Waals surface area contributed by atoms with Gasteiger partial charge in [-0.05, 0) is 39.8 Å². The van der Waals surface area contributed by atoms with Crippen LogP contribution < -0.4 is 10.2 Å². The van der Waals surface area contributed by atoms with Crippen molar-refractivity contribution in [2.24, 2.45) is 5.41 Å². The third kappa shape index (κ3) is 2.02. The zero-order chi connectivity index (χ0) is 12.6. The van der Waals surface area contributed by atoms with Gasteiger partial charge in [0.25, 0.3) is 0 Å². The maximum atomic E-state index is 12.6. The van der Waals surface area contributed by atoms with E-state index < -0.39 is 0 Å². The molecule has 0 saturated heterocycles. The Labute approximate surface area is 103 Å². The number of nitrogens with zero attached hydrogens (tertiary/aromatic N) is 1. The Bertz CT molecular complexity index is 438. The third-order valence-electron chi connectivity index (χ3n) is 3.20. The number of nitrogens with one attached hydrogen (secondary N) is 1. The minimum atomic E-state index is -0.372. The summed E-state index contributed by atoms with van der Waals surface area (Å²) in [7, 11) is 0. The van der Waals surface area contributed by atoms with Crippen LogP contribution in [-0.4, -0.2) is 18.5 Å². The van der Waals surface area contributed by atoms with E-state index in [0.717, 1.165) is 11.4 Å². The number of rotatable bonds is 1. The number of para-hydroxylation sites is 2. The van der Waals surface area contributed by atoms with Gasteiger partial charge in [0.1, 0.15) is 0 Å². The zero-order valence-corrected chi connectivity index (χ0v) is 10.9. The van der Waals surface area contributed by atoms with Gasteiger partial charge in [-0.3, -0.25) is 4.79 Å². The zero-order valence-electron chi connectivity index (χ0n) is 10.9. The highest BCUT2D eigenvalue weighted by Gasteiger charge is 2.37. The molecule has 0 saturated carbocycles. The average Bonchev–Trinajstić information content (AvgIpc) is 2.36. The summed E-state index contributed by atoms with van der Waals surface area (Å²) < 4.78 is 0. The van der Waals surface area contributed by atoms with Crippen molar-refractivity contribution in [3.05, 3.63) is 24.3 Å². The Kier molecular flexibility index (Phi) is 2.86. The maximum Gasteiger partial charge on any atom is 0.234 e. The molecule has 0 spiro atoms. The Morgan fingerprint density at radius 2 is 1.94 bits per heavy atom. The van der Waals surface area contributed by atoms with Crippen LogP contribution in [0.1, 0.15) is 27.7 Å². The quantitative estimate of drug-likeness (QED) is 0.807. The first-order valence-corrected chi connectivity index (χ1v) is 6.10.